The van der Waals surface area contributed by atoms with Crippen molar-refractivity contribution in [2.75, 3.05) is 49.7 Å². The van der Waals surface area contributed by atoms with Gasteiger partial charge in [0.05, 0.1) is 5.92 Å². The molecule has 1 fully saturated rings. The minimum Gasteiger partial charge on any atom is -0.481 e. The van der Waals surface area contributed by atoms with Crippen LogP contribution in [-0.2, 0) is 9.59 Å². The summed E-state index contributed by atoms with van der Waals surface area (Å²) in [6.45, 7) is 3.71. The number of rotatable bonds is 7. The van der Waals surface area contributed by atoms with E-state index in [-0.39, 0.29) is 19.1 Å². The van der Waals surface area contributed by atoms with Crippen LogP contribution >= 0.6 is 0 Å². The van der Waals surface area contributed by atoms with Gasteiger partial charge in [0.25, 0.3) is 0 Å². The molecule has 1 amide bonds. The molecule has 0 saturated carbocycles. The molecule has 0 aromatic heterocycles. The molecule has 0 unspecified atom stereocenters. The van der Waals surface area contributed by atoms with Crippen molar-refractivity contribution in [3.8, 4) is 11.5 Å². The molecular formula is C22H25N3O5. The summed E-state index contributed by atoms with van der Waals surface area (Å²) in [6, 6.07) is 15.3. The van der Waals surface area contributed by atoms with Gasteiger partial charge in [0, 0.05) is 56.6 Å². The van der Waals surface area contributed by atoms with Crippen LogP contribution in [0.4, 0.5) is 11.4 Å². The summed E-state index contributed by atoms with van der Waals surface area (Å²) in [5.41, 5.74) is 1.74. The van der Waals surface area contributed by atoms with Gasteiger partial charge in [0.15, 0.2) is 11.5 Å². The van der Waals surface area contributed by atoms with Gasteiger partial charge in [0.1, 0.15) is 0 Å². The molecule has 1 atom stereocenters. The van der Waals surface area contributed by atoms with E-state index in [9.17, 15) is 14.7 Å². The highest BCUT2D eigenvalue weighted by atomic mass is 16.7. The van der Waals surface area contributed by atoms with Crippen LogP contribution < -0.4 is 19.7 Å². The monoisotopic (exact) mass is 411 g/mol. The number of piperazine rings is 1. The Hall–Kier alpha value is -3.26. The molecule has 0 spiro atoms. The SMILES string of the molecule is O=C(C[C@H](CN1CCN(c2ccccc2)CC1)C(=O)O)Nc1ccc2c(c1)OCO2. The van der Waals surface area contributed by atoms with E-state index in [1.54, 1.807) is 18.2 Å². The summed E-state index contributed by atoms with van der Waals surface area (Å²) in [6.07, 6.45) is -0.0807. The molecule has 2 aliphatic heterocycles. The summed E-state index contributed by atoms with van der Waals surface area (Å²) < 4.78 is 10.6. The lowest BCUT2D eigenvalue weighted by Crippen LogP contribution is -2.48. The molecule has 0 aliphatic carbocycles. The molecule has 2 N–H and O–H groups in total. The Bertz CT molecular complexity index is 897. The average Bonchev–Trinajstić information content (AvgIpc) is 3.22. The molecule has 8 heteroatoms. The number of carbonyl (C=O) groups is 2. The number of nitrogens with zero attached hydrogens (tertiary/aromatic N) is 2. The molecule has 2 aromatic rings. The predicted octanol–water partition coefficient (Wildman–Crippen LogP) is 2.27. The normalized spacial score (nSPS) is 16.9. The van der Waals surface area contributed by atoms with E-state index < -0.39 is 11.9 Å². The van der Waals surface area contributed by atoms with E-state index in [1.165, 1.54) is 5.69 Å². The fourth-order valence-electron chi connectivity index (χ4n) is 3.78. The molecule has 1 saturated heterocycles. The van der Waals surface area contributed by atoms with Crippen LogP contribution in [0.25, 0.3) is 0 Å². The van der Waals surface area contributed by atoms with E-state index in [2.05, 4.69) is 27.2 Å². The lowest BCUT2D eigenvalue weighted by Gasteiger charge is -2.37. The van der Waals surface area contributed by atoms with Crippen molar-refractivity contribution in [1.29, 1.82) is 0 Å². The van der Waals surface area contributed by atoms with E-state index >= 15 is 0 Å². The van der Waals surface area contributed by atoms with Gasteiger partial charge < -0.3 is 24.8 Å². The number of carbonyl (C=O) groups excluding carboxylic acids is 1. The highest BCUT2D eigenvalue weighted by molar-refractivity contribution is 5.93. The molecule has 4 rings (SSSR count). The smallest absolute Gasteiger partial charge is 0.308 e. The summed E-state index contributed by atoms with van der Waals surface area (Å²) in [5, 5.41) is 12.4. The highest BCUT2D eigenvalue weighted by Gasteiger charge is 2.27. The van der Waals surface area contributed by atoms with Crippen LogP contribution in [0.2, 0.25) is 0 Å². The maximum Gasteiger partial charge on any atom is 0.308 e. The third kappa shape index (κ3) is 4.83. The van der Waals surface area contributed by atoms with Gasteiger partial charge in [-0.2, -0.15) is 0 Å². The number of ether oxygens (including phenoxy) is 2. The van der Waals surface area contributed by atoms with E-state index in [1.807, 2.05) is 18.2 Å². The van der Waals surface area contributed by atoms with Crippen LogP contribution in [0, 0.1) is 5.92 Å². The van der Waals surface area contributed by atoms with Gasteiger partial charge in [-0.1, -0.05) is 18.2 Å². The highest BCUT2D eigenvalue weighted by Crippen LogP contribution is 2.34. The zero-order valence-corrected chi connectivity index (χ0v) is 16.6. The van der Waals surface area contributed by atoms with Crippen molar-refractivity contribution >= 4 is 23.3 Å². The van der Waals surface area contributed by atoms with Crippen molar-refractivity contribution in [2.24, 2.45) is 5.92 Å². The fraction of sp³-hybridized carbons (Fsp3) is 0.364. The van der Waals surface area contributed by atoms with Crippen molar-refractivity contribution in [2.45, 2.75) is 6.42 Å². The molecular weight excluding hydrogens is 386 g/mol. The standard InChI is InChI=1S/C22H25N3O5/c26-21(23-17-6-7-19-20(13-17)30-15-29-19)12-16(22(27)28)14-24-8-10-25(11-9-24)18-4-2-1-3-5-18/h1-7,13,16H,8-12,14-15H2,(H,23,26)(H,27,28)/t16-/m1/s1. The van der Waals surface area contributed by atoms with Crippen LogP contribution in [-0.4, -0.2) is 61.4 Å². The number of carboxylic acid groups (broad SMARTS) is 1. The second kappa shape index (κ2) is 9.04. The molecule has 158 valence electrons. The Kier molecular flexibility index (Phi) is 6.04. The number of anilines is 2. The predicted molar refractivity (Wildman–Crippen MR) is 112 cm³/mol. The first-order valence-corrected chi connectivity index (χ1v) is 10.0. The van der Waals surface area contributed by atoms with Gasteiger partial charge in [-0.3, -0.25) is 14.5 Å². The Morgan fingerprint density at radius 3 is 2.47 bits per heavy atom. The average molecular weight is 411 g/mol. The van der Waals surface area contributed by atoms with E-state index in [0.29, 0.717) is 23.7 Å². The number of hydrogen-bond acceptors (Lipinski definition) is 6. The number of benzene rings is 2. The first-order valence-electron chi connectivity index (χ1n) is 10.0. The number of amides is 1. The molecule has 0 radical (unpaired) electrons. The van der Waals surface area contributed by atoms with Crippen molar-refractivity contribution in [1.82, 2.24) is 4.90 Å². The Labute approximate surface area is 175 Å². The van der Waals surface area contributed by atoms with Gasteiger partial charge >= 0.3 is 5.97 Å². The lowest BCUT2D eigenvalue weighted by molar-refractivity contribution is -0.144. The minimum absolute atomic E-state index is 0.0807. The second-order valence-corrected chi connectivity index (χ2v) is 7.48. The number of fused-ring (bicyclic) bond motifs is 1. The van der Waals surface area contributed by atoms with Crippen LogP contribution in [0.15, 0.2) is 48.5 Å². The largest absolute Gasteiger partial charge is 0.481 e. The third-order valence-corrected chi connectivity index (χ3v) is 5.41. The number of aliphatic carboxylic acids is 1. The van der Waals surface area contributed by atoms with Crippen LogP contribution in [0.1, 0.15) is 6.42 Å². The topological polar surface area (TPSA) is 91.3 Å². The van der Waals surface area contributed by atoms with Gasteiger partial charge in [-0.15, -0.1) is 0 Å². The molecule has 2 aromatic carbocycles. The van der Waals surface area contributed by atoms with Crippen molar-refractivity contribution in [3.05, 3.63) is 48.5 Å². The number of carboxylic acids is 1. The summed E-state index contributed by atoms with van der Waals surface area (Å²) in [4.78, 5) is 28.6. The Balaban J connectivity index is 1.29. The first kappa shape index (κ1) is 20.0. The summed E-state index contributed by atoms with van der Waals surface area (Å²) in [5.74, 6) is -0.849. The molecule has 30 heavy (non-hydrogen) atoms. The van der Waals surface area contributed by atoms with Gasteiger partial charge in [-0.25, -0.2) is 0 Å². The zero-order valence-electron chi connectivity index (χ0n) is 16.6. The minimum atomic E-state index is -0.957. The van der Waals surface area contributed by atoms with Crippen LogP contribution in [0.5, 0.6) is 11.5 Å². The maximum absolute atomic E-state index is 12.4. The van der Waals surface area contributed by atoms with Gasteiger partial charge in [-0.05, 0) is 24.3 Å². The van der Waals surface area contributed by atoms with Crippen molar-refractivity contribution in [3.63, 3.8) is 0 Å². The number of para-hydroxylation sites is 1. The summed E-state index contributed by atoms with van der Waals surface area (Å²) >= 11 is 0. The van der Waals surface area contributed by atoms with Gasteiger partial charge in [0.2, 0.25) is 12.7 Å². The zero-order chi connectivity index (χ0) is 20.9. The van der Waals surface area contributed by atoms with E-state index in [4.69, 9.17) is 9.47 Å². The molecule has 2 aliphatic rings. The second-order valence-electron chi connectivity index (χ2n) is 7.48. The quantitative estimate of drug-likeness (QED) is 0.722. The van der Waals surface area contributed by atoms with Crippen LogP contribution in [0.3, 0.4) is 0 Å². The number of hydrogen-bond donors (Lipinski definition) is 2. The summed E-state index contributed by atoms with van der Waals surface area (Å²) in [7, 11) is 0. The lowest BCUT2D eigenvalue weighted by atomic mass is 10.0. The first-order chi connectivity index (χ1) is 14.6. The third-order valence-electron chi connectivity index (χ3n) is 5.41. The van der Waals surface area contributed by atoms with Crippen molar-refractivity contribution < 1.29 is 24.2 Å². The molecule has 0 bridgehead atoms. The maximum atomic E-state index is 12.4. The fourth-order valence-corrected chi connectivity index (χ4v) is 3.78. The molecule has 2 heterocycles. The Morgan fingerprint density at radius 2 is 1.73 bits per heavy atom. The molecule has 8 nitrogen and oxygen atoms in total. The Morgan fingerprint density at radius 1 is 1.00 bits per heavy atom. The van der Waals surface area contributed by atoms with E-state index in [0.717, 1.165) is 26.2 Å². The number of nitrogens with one attached hydrogen (secondary N) is 1.